The van der Waals surface area contributed by atoms with Crippen molar-refractivity contribution < 1.29 is 0 Å². The van der Waals surface area contributed by atoms with Crippen LogP contribution in [-0.2, 0) is 0 Å². The Kier molecular flexibility index (Phi) is 1.29. The van der Waals surface area contributed by atoms with E-state index in [2.05, 4.69) is 9.97 Å². The summed E-state index contributed by atoms with van der Waals surface area (Å²) in [5.74, 6) is 0.577. The van der Waals surface area contributed by atoms with Crippen molar-refractivity contribution in [1.82, 2.24) is 9.97 Å². The lowest BCUT2D eigenvalue weighted by atomic mass is 10.4. The molecule has 56 valence electrons. The third kappa shape index (κ3) is 0.952. The molecule has 0 aliphatic rings. The smallest absolute Gasteiger partial charge is 0.144 e. The maximum Gasteiger partial charge on any atom is 0.144 e. The lowest BCUT2D eigenvalue weighted by molar-refractivity contribution is 1.24. The number of aromatic nitrogens is 2. The first kappa shape index (κ1) is 6.54. The number of anilines is 1. The number of aryl methyl sites for hydroxylation is 1. The van der Waals surface area contributed by atoms with Crippen molar-refractivity contribution in [1.29, 1.82) is 0 Å². The molecule has 0 saturated carbocycles. The molecular formula is C7H7N3S. The van der Waals surface area contributed by atoms with Gasteiger partial charge in [-0.3, -0.25) is 0 Å². The van der Waals surface area contributed by atoms with Crippen LogP contribution < -0.4 is 5.73 Å². The summed E-state index contributed by atoms with van der Waals surface area (Å²) in [7, 11) is 0. The molecule has 4 heteroatoms. The average molecular weight is 165 g/mol. The fraction of sp³-hybridized carbons (Fsp3) is 0.143. The summed E-state index contributed by atoms with van der Waals surface area (Å²) in [5.41, 5.74) is 6.57. The van der Waals surface area contributed by atoms with Crippen LogP contribution in [0.4, 0.5) is 5.82 Å². The normalized spacial score (nSPS) is 10.6. The third-order valence-corrected chi connectivity index (χ3v) is 2.52. The summed E-state index contributed by atoms with van der Waals surface area (Å²) in [5, 5.41) is 0. The molecule has 0 bridgehead atoms. The van der Waals surface area contributed by atoms with E-state index in [0.717, 1.165) is 10.2 Å². The van der Waals surface area contributed by atoms with Gasteiger partial charge in [-0.15, -0.1) is 11.3 Å². The number of thiophene rings is 1. The molecule has 0 fully saturated rings. The highest BCUT2D eigenvalue weighted by molar-refractivity contribution is 7.19. The number of hydrogen-bond acceptors (Lipinski definition) is 4. The summed E-state index contributed by atoms with van der Waals surface area (Å²) < 4.78 is 0.991. The van der Waals surface area contributed by atoms with Crippen LogP contribution in [-0.4, -0.2) is 9.97 Å². The first-order chi connectivity index (χ1) is 5.27. The van der Waals surface area contributed by atoms with Gasteiger partial charge in [0.25, 0.3) is 0 Å². The van der Waals surface area contributed by atoms with Crippen molar-refractivity contribution >= 4 is 27.4 Å². The van der Waals surface area contributed by atoms with E-state index in [4.69, 9.17) is 5.73 Å². The van der Waals surface area contributed by atoms with Crippen LogP contribution in [0.3, 0.4) is 0 Å². The number of nitrogens with two attached hydrogens (primary N) is 1. The molecule has 0 unspecified atom stereocenters. The van der Waals surface area contributed by atoms with Crippen LogP contribution in [0.25, 0.3) is 10.2 Å². The van der Waals surface area contributed by atoms with Gasteiger partial charge in [-0.2, -0.15) is 0 Å². The maximum absolute atomic E-state index is 5.63. The number of rotatable bonds is 0. The van der Waals surface area contributed by atoms with Crippen molar-refractivity contribution in [3.8, 4) is 0 Å². The molecular weight excluding hydrogens is 158 g/mol. The van der Waals surface area contributed by atoms with Gasteiger partial charge in [0.05, 0.1) is 10.2 Å². The second-order valence-corrected chi connectivity index (χ2v) is 3.59. The van der Waals surface area contributed by atoms with Gasteiger partial charge < -0.3 is 5.73 Å². The second kappa shape index (κ2) is 2.17. The van der Waals surface area contributed by atoms with Crippen LogP contribution in [0, 0.1) is 6.92 Å². The predicted octanol–water partition coefficient (Wildman–Crippen LogP) is 1.58. The first-order valence-corrected chi connectivity index (χ1v) is 4.05. The monoisotopic (exact) mass is 165 g/mol. The highest BCUT2D eigenvalue weighted by Crippen LogP contribution is 2.26. The summed E-state index contributed by atoms with van der Waals surface area (Å²) in [4.78, 5) is 9.19. The Morgan fingerprint density at radius 2 is 2.27 bits per heavy atom. The molecule has 0 aliphatic carbocycles. The van der Waals surface area contributed by atoms with Gasteiger partial charge in [0.15, 0.2) is 0 Å². The Bertz CT molecular complexity index is 393. The summed E-state index contributed by atoms with van der Waals surface area (Å²) in [6.07, 6.45) is 1.49. The topological polar surface area (TPSA) is 51.8 Å². The van der Waals surface area contributed by atoms with E-state index >= 15 is 0 Å². The standard InChI is InChI=1S/C7H7N3S/c1-4-2-5-6(11-4)7(8)10-3-9-5/h2-3H,1H3,(H2,8,9,10). The van der Waals surface area contributed by atoms with E-state index in [1.165, 1.54) is 11.2 Å². The number of nitrogen functional groups attached to an aromatic ring is 1. The summed E-state index contributed by atoms with van der Waals surface area (Å²) in [6, 6.07) is 2.01. The number of fused-ring (bicyclic) bond motifs is 1. The van der Waals surface area contributed by atoms with E-state index in [9.17, 15) is 0 Å². The molecule has 0 spiro atoms. The molecule has 0 saturated heterocycles. The highest BCUT2D eigenvalue weighted by Gasteiger charge is 2.02. The lowest BCUT2D eigenvalue weighted by Crippen LogP contribution is -1.89. The molecule has 2 aromatic rings. The van der Waals surface area contributed by atoms with Crippen molar-refractivity contribution in [2.45, 2.75) is 6.92 Å². The van der Waals surface area contributed by atoms with Gasteiger partial charge in [-0.25, -0.2) is 9.97 Å². The molecule has 2 N–H and O–H groups in total. The SMILES string of the molecule is Cc1cc2ncnc(N)c2s1. The average Bonchev–Trinajstić information content (AvgIpc) is 2.31. The third-order valence-electron chi connectivity index (χ3n) is 1.46. The van der Waals surface area contributed by atoms with Crippen molar-refractivity contribution in [3.63, 3.8) is 0 Å². The molecule has 0 amide bonds. The van der Waals surface area contributed by atoms with E-state index in [1.54, 1.807) is 11.3 Å². The van der Waals surface area contributed by atoms with Gasteiger partial charge in [0, 0.05) is 4.88 Å². The van der Waals surface area contributed by atoms with Crippen LogP contribution in [0.1, 0.15) is 4.88 Å². The fourth-order valence-corrected chi connectivity index (χ4v) is 1.86. The molecule has 2 aromatic heterocycles. The second-order valence-electron chi connectivity index (χ2n) is 2.33. The van der Waals surface area contributed by atoms with Gasteiger partial charge >= 0.3 is 0 Å². The van der Waals surface area contributed by atoms with E-state index in [-0.39, 0.29) is 0 Å². The van der Waals surface area contributed by atoms with Gasteiger partial charge in [0.2, 0.25) is 0 Å². The Balaban J connectivity index is 2.90. The Morgan fingerprint density at radius 1 is 1.45 bits per heavy atom. The maximum atomic E-state index is 5.63. The van der Waals surface area contributed by atoms with Crippen molar-refractivity contribution in [3.05, 3.63) is 17.3 Å². The lowest BCUT2D eigenvalue weighted by Gasteiger charge is -1.90. The van der Waals surface area contributed by atoms with Crippen LogP contribution in [0.2, 0.25) is 0 Å². The zero-order valence-electron chi connectivity index (χ0n) is 6.03. The first-order valence-electron chi connectivity index (χ1n) is 3.24. The van der Waals surface area contributed by atoms with Gasteiger partial charge in [0.1, 0.15) is 12.1 Å². The molecule has 0 aromatic carbocycles. The van der Waals surface area contributed by atoms with E-state index < -0.39 is 0 Å². The fourth-order valence-electron chi connectivity index (χ4n) is 0.992. The Labute approximate surface area is 67.9 Å². The van der Waals surface area contributed by atoms with Crippen LogP contribution in [0.15, 0.2) is 12.4 Å². The molecule has 2 rings (SSSR count). The van der Waals surface area contributed by atoms with Gasteiger partial charge in [-0.1, -0.05) is 0 Å². The van der Waals surface area contributed by atoms with Crippen LogP contribution in [0.5, 0.6) is 0 Å². The zero-order chi connectivity index (χ0) is 7.84. The molecule has 3 nitrogen and oxygen atoms in total. The zero-order valence-corrected chi connectivity index (χ0v) is 6.85. The molecule has 0 radical (unpaired) electrons. The molecule has 2 heterocycles. The predicted molar refractivity (Wildman–Crippen MR) is 46.6 cm³/mol. The van der Waals surface area contributed by atoms with Crippen molar-refractivity contribution in [2.75, 3.05) is 5.73 Å². The van der Waals surface area contributed by atoms with Crippen LogP contribution >= 0.6 is 11.3 Å². The van der Waals surface area contributed by atoms with Gasteiger partial charge in [-0.05, 0) is 13.0 Å². The minimum Gasteiger partial charge on any atom is -0.382 e. The minimum absolute atomic E-state index is 0.577. The van der Waals surface area contributed by atoms with Crippen molar-refractivity contribution in [2.24, 2.45) is 0 Å². The largest absolute Gasteiger partial charge is 0.382 e. The molecule has 0 aliphatic heterocycles. The summed E-state index contributed by atoms with van der Waals surface area (Å²) >= 11 is 1.63. The summed E-state index contributed by atoms with van der Waals surface area (Å²) in [6.45, 7) is 2.03. The quantitative estimate of drug-likeness (QED) is 0.644. The highest BCUT2D eigenvalue weighted by atomic mass is 32.1. The molecule has 11 heavy (non-hydrogen) atoms. The molecule has 0 atom stereocenters. The van der Waals surface area contributed by atoms with E-state index in [1.807, 2.05) is 13.0 Å². The number of nitrogens with zero attached hydrogens (tertiary/aromatic N) is 2. The van der Waals surface area contributed by atoms with E-state index in [0.29, 0.717) is 5.82 Å². The Morgan fingerprint density at radius 3 is 3.00 bits per heavy atom. The number of hydrogen-bond donors (Lipinski definition) is 1. The minimum atomic E-state index is 0.577. The Hall–Kier alpha value is -1.16.